The van der Waals surface area contributed by atoms with E-state index in [4.69, 9.17) is 10.5 Å². The fourth-order valence-electron chi connectivity index (χ4n) is 3.34. The molecule has 4 aromatic rings. The SMILES string of the molecule is CN=Cc1[nH]c(=O)c(-c2nc3c(F)cc(OC)cc3[nH]2)c(N[C@@H](C)c2ncccn2)c1N.S. The summed E-state index contributed by atoms with van der Waals surface area (Å²) in [4.78, 5) is 35.5. The molecule has 1 aromatic carbocycles. The molecule has 3 aromatic heterocycles. The third kappa shape index (κ3) is 4.51. The molecule has 3 heterocycles. The van der Waals surface area contributed by atoms with E-state index in [1.54, 1.807) is 31.6 Å². The van der Waals surface area contributed by atoms with Crippen molar-refractivity contribution in [3.63, 3.8) is 0 Å². The van der Waals surface area contributed by atoms with Gasteiger partial charge in [0.2, 0.25) is 0 Å². The second-order valence-electron chi connectivity index (χ2n) is 6.98. The molecule has 5 N–H and O–H groups in total. The molecule has 12 heteroatoms. The van der Waals surface area contributed by atoms with Crippen molar-refractivity contribution in [2.24, 2.45) is 4.99 Å². The number of imidazole rings is 1. The second-order valence-corrected chi connectivity index (χ2v) is 6.98. The van der Waals surface area contributed by atoms with E-state index in [1.807, 2.05) is 6.92 Å². The first-order valence-electron chi connectivity index (χ1n) is 9.68. The normalized spacial score (nSPS) is 12.0. The lowest BCUT2D eigenvalue weighted by Gasteiger charge is -2.19. The van der Waals surface area contributed by atoms with Crippen molar-refractivity contribution in [3.05, 3.63) is 58.3 Å². The summed E-state index contributed by atoms with van der Waals surface area (Å²) in [5.41, 5.74) is 7.33. The third-order valence-electron chi connectivity index (χ3n) is 4.86. The molecule has 33 heavy (non-hydrogen) atoms. The van der Waals surface area contributed by atoms with Crippen LogP contribution in [-0.4, -0.2) is 45.3 Å². The van der Waals surface area contributed by atoms with Gasteiger partial charge in [-0.3, -0.25) is 9.79 Å². The highest BCUT2D eigenvalue weighted by Crippen LogP contribution is 2.34. The van der Waals surface area contributed by atoms with Gasteiger partial charge in [0, 0.05) is 37.8 Å². The predicted molar refractivity (Wildman–Crippen MR) is 131 cm³/mol. The lowest BCUT2D eigenvalue weighted by atomic mass is 10.1. The van der Waals surface area contributed by atoms with Crippen LogP contribution >= 0.6 is 13.5 Å². The van der Waals surface area contributed by atoms with E-state index in [1.165, 1.54) is 19.4 Å². The number of rotatable bonds is 6. The fourth-order valence-corrected chi connectivity index (χ4v) is 3.34. The number of benzene rings is 1. The molecule has 1 atom stereocenters. The Morgan fingerprint density at radius 3 is 2.67 bits per heavy atom. The maximum Gasteiger partial charge on any atom is 0.261 e. The number of halogens is 1. The molecule has 4 rings (SSSR count). The summed E-state index contributed by atoms with van der Waals surface area (Å²) in [6.07, 6.45) is 4.68. The Bertz CT molecular complexity index is 1370. The average Bonchev–Trinajstić information content (AvgIpc) is 3.21. The van der Waals surface area contributed by atoms with Gasteiger partial charge in [-0.05, 0) is 13.0 Å². The van der Waals surface area contributed by atoms with Gasteiger partial charge in [-0.25, -0.2) is 19.3 Å². The van der Waals surface area contributed by atoms with E-state index in [2.05, 4.69) is 35.2 Å². The number of aromatic nitrogens is 5. The first kappa shape index (κ1) is 23.7. The number of nitrogens with zero attached hydrogens (tertiary/aromatic N) is 4. The summed E-state index contributed by atoms with van der Waals surface area (Å²) in [7, 11) is 3.00. The number of nitrogens with two attached hydrogens (primary N) is 1. The summed E-state index contributed by atoms with van der Waals surface area (Å²) < 4.78 is 19.6. The minimum Gasteiger partial charge on any atom is -0.497 e. The van der Waals surface area contributed by atoms with Gasteiger partial charge in [0.15, 0.2) is 5.82 Å². The Morgan fingerprint density at radius 1 is 1.27 bits per heavy atom. The maximum absolute atomic E-state index is 14.5. The number of hydrogen-bond acceptors (Lipinski definition) is 8. The molecule has 0 amide bonds. The lowest BCUT2D eigenvalue weighted by Crippen LogP contribution is -2.21. The van der Waals surface area contributed by atoms with E-state index >= 15 is 0 Å². The number of H-pyrrole nitrogens is 2. The Balaban J connectivity index is 0.00000306. The van der Waals surface area contributed by atoms with Crippen molar-refractivity contribution >= 4 is 42.1 Å². The molecule has 0 spiro atoms. The zero-order chi connectivity index (χ0) is 22.8. The zero-order valence-corrected chi connectivity index (χ0v) is 19.1. The van der Waals surface area contributed by atoms with Gasteiger partial charge >= 0.3 is 0 Å². The molecular formula is C21H23FN8O2S. The van der Waals surface area contributed by atoms with E-state index in [-0.39, 0.29) is 36.1 Å². The first-order valence-corrected chi connectivity index (χ1v) is 9.68. The molecule has 0 fully saturated rings. The molecular weight excluding hydrogens is 447 g/mol. The van der Waals surface area contributed by atoms with Crippen LogP contribution < -0.4 is 21.3 Å². The number of nitrogen functional groups attached to an aromatic ring is 1. The molecule has 0 radical (unpaired) electrons. The summed E-state index contributed by atoms with van der Waals surface area (Å²) in [6.45, 7) is 1.83. The number of aromatic amines is 2. The standard InChI is InChI=1S/C21H21FN8O2.H2S/c1-10(19-25-5-4-6-26-19)27-18-15(21(31)29-14(9-24-2)16(18)23)20-28-13-8-11(32-3)7-12(22)17(13)30-20;/h4-10H,23H2,1-3H3,(H,28,30)(H2,27,29,31);1H2/t10-;/m0./s1. The Morgan fingerprint density at radius 2 is 2.00 bits per heavy atom. The molecule has 0 saturated carbocycles. The highest BCUT2D eigenvalue weighted by atomic mass is 32.1. The van der Waals surface area contributed by atoms with E-state index in [0.29, 0.717) is 28.5 Å². The number of pyridine rings is 1. The van der Waals surface area contributed by atoms with Crippen molar-refractivity contribution in [2.45, 2.75) is 13.0 Å². The Kier molecular flexibility index (Phi) is 6.97. The summed E-state index contributed by atoms with van der Waals surface area (Å²) in [5, 5.41) is 3.20. The highest BCUT2D eigenvalue weighted by molar-refractivity contribution is 7.59. The van der Waals surface area contributed by atoms with Gasteiger partial charge in [0.1, 0.15) is 28.5 Å². The first-order chi connectivity index (χ1) is 15.4. The number of nitrogens with one attached hydrogen (secondary N) is 3. The van der Waals surface area contributed by atoms with Crippen LogP contribution in [0.25, 0.3) is 22.4 Å². The van der Waals surface area contributed by atoms with Crippen LogP contribution in [-0.2, 0) is 0 Å². The molecule has 10 nitrogen and oxygen atoms in total. The average molecular weight is 471 g/mol. The lowest BCUT2D eigenvalue weighted by molar-refractivity contribution is 0.412. The van der Waals surface area contributed by atoms with Gasteiger partial charge in [0.25, 0.3) is 5.56 Å². The van der Waals surface area contributed by atoms with Crippen molar-refractivity contribution in [1.29, 1.82) is 0 Å². The summed E-state index contributed by atoms with van der Waals surface area (Å²) in [6, 6.07) is 4.13. The van der Waals surface area contributed by atoms with Gasteiger partial charge in [-0.15, -0.1) is 0 Å². The number of hydrogen-bond donors (Lipinski definition) is 4. The largest absolute Gasteiger partial charge is 0.497 e. The van der Waals surface area contributed by atoms with Crippen LogP contribution in [0, 0.1) is 5.82 Å². The molecule has 0 bridgehead atoms. The molecule has 0 aliphatic rings. The molecule has 0 saturated heterocycles. The van der Waals surface area contributed by atoms with Gasteiger partial charge in [0.05, 0.1) is 35.7 Å². The topological polar surface area (TPSA) is 147 Å². The van der Waals surface area contributed by atoms with E-state index in [9.17, 15) is 9.18 Å². The van der Waals surface area contributed by atoms with Crippen molar-refractivity contribution in [1.82, 2.24) is 24.9 Å². The van der Waals surface area contributed by atoms with E-state index < -0.39 is 17.4 Å². The van der Waals surface area contributed by atoms with Gasteiger partial charge < -0.3 is 25.8 Å². The number of fused-ring (bicyclic) bond motifs is 1. The van der Waals surface area contributed by atoms with Crippen LogP contribution in [0.15, 0.2) is 40.4 Å². The van der Waals surface area contributed by atoms with Crippen LogP contribution in [0.1, 0.15) is 24.5 Å². The van der Waals surface area contributed by atoms with Crippen LogP contribution in [0.2, 0.25) is 0 Å². The third-order valence-corrected chi connectivity index (χ3v) is 4.86. The number of aliphatic imine (C=N–C) groups is 1. The van der Waals surface area contributed by atoms with Gasteiger partial charge in [-0.2, -0.15) is 13.5 Å². The fraction of sp³-hybridized carbons (Fsp3) is 0.190. The Labute approximate surface area is 195 Å². The monoisotopic (exact) mass is 470 g/mol. The summed E-state index contributed by atoms with van der Waals surface area (Å²) >= 11 is 0. The number of anilines is 2. The van der Waals surface area contributed by atoms with Crippen LogP contribution in [0.3, 0.4) is 0 Å². The molecule has 0 aliphatic carbocycles. The molecule has 0 unspecified atom stereocenters. The smallest absolute Gasteiger partial charge is 0.261 e. The van der Waals surface area contributed by atoms with Gasteiger partial charge in [-0.1, -0.05) is 0 Å². The predicted octanol–water partition coefficient (Wildman–Crippen LogP) is 2.77. The Hall–Kier alpha value is -3.93. The minimum atomic E-state index is -0.582. The summed E-state index contributed by atoms with van der Waals surface area (Å²) in [5.74, 6) is 0.385. The number of ether oxygens (including phenoxy) is 1. The maximum atomic E-state index is 14.5. The highest BCUT2D eigenvalue weighted by Gasteiger charge is 2.23. The van der Waals surface area contributed by atoms with Crippen LogP contribution in [0.5, 0.6) is 5.75 Å². The van der Waals surface area contributed by atoms with Crippen molar-refractivity contribution in [3.8, 4) is 17.1 Å². The molecule has 0 aliphatic heterocycles. The quantitative estimate of drug-likeness (QED) is 0.317. The van der Waals surface area contributed by atoms with E-state index in [0.717, 1.165) is 0 Å². The minimum absolute atomic E-state index is 0. The van der Waals surface area contributed by atoms with Crippen molar-refractivity contribution in [2.75, 3.05) is 25.2 Å². The second kappa shape index (κ2) is 9.69. The van der Waals surface area contributed by atoms with Crippen molar-refractivity contribution < 1.29 is 9.13 Å². The van der Waals surface area contributed by atoms with Crippen LogP contribution in [0.4, 0.5) is 15.8 Å². The zero-order valence-electron chi connectivity index (χ0n) is 18.1. The molecule has 172 valence electrons. The number of methoxy groups -OCH3 is 1.